The maximum atomic E-state index is 13.0. The van der Waals surface area contributed by atoms with Crippen molar-refractivity contribution >= 4 is 11.8 Å². The second-order valence-electron chi connectivity index (χ2n) is 7.24. The number of hydrogen-bond acceptors (Lipinski definition) is 4. The molecule has 0 atom stereocenters. The van der Waals surface area contributed by atoms with E-state index in [4.69, 9.17) is 4.74 Å². The number of amides is 2. The lowest BCUT2D eigenvalue weighted by molar-refractivity contribution is 0.0745. The Hall–Kier alpha value is -3.61. The summed E-state index contributed by atoms with van der Waals surface area (Å²) in [5.74, 6) is 0.330. The number of ether oxygens (including phenoxy) is 1. The average molecular weight is 404 g/mol. The van der Waals surface area contributed by atoms with Crippen LogP contribution >= 0.6 is 0 Å². The predicted molar refractivity (Wildman–Crippen MR) is 112 cm³/mol. The molecule has 0 aliphatic carbocycles. The number of carbonyl (C=O) groups excluding carboxylic acids is 2. The summed E-state index contributed by atoms with van der Waals surface area (Å²) in [7, 11) is 1.61. The zero-order valence-electron chi connectivity index (χ0n) is 16.9. The third-order valence-electron chi connectivity index (χ3n) is 5.12. The Balaban J connectivity index is 1.46. The van der Waals surface area contributed by atoms with E-state index in [0.29, 0.717) is 31.9 Å². The molecule has 0 unspecified atom stereocenters. The topological polar surface area (TPSA) is 76.5 Å². The van der Waals surface area contributed by atoms with Crippen molar-refractivity contribution in [3.63, 3.8) is 0 Å². The van der Waals surface area contributed by atoms with E-state index in [0.717, 1.165) is 23.3 Å². The van der Waals surface area contributed by atoms with Gasteiger partial charge in [-0.3, -0.25) is 14.3 Å². The smallest absolute Gasteiger partial charge is 0.272 e. The molecule has 1 N–H and O–H groups in total. The van der Waals surface area contributed by atoms with Crippen LogP contribution in [0.15, 0.2) is 60.7 Å². The average Bonchev–Trinajstić information content (AvgIpc) is 3.15. The lowest BCUT2D eigenvalue weighted by Gasteiger charge is -2.20. The Kier molecular flexibility index (Phi) is 5.79. The van der Waals surface area contributed by atoms with Crippen LogP contribution in [-0.4, -0.2) is 40.1 Å². The molecule has 4 rings (SSSR count). The first-order valence-corrected chi connectivity index (χ1v) is 9.96. The minimum atomic E-state index is -0.305. The van der Waals surface area contributed by atoms with Crippen LogP contribution < -0.4 is 10.1 Å². The number of carbonyl (C=O) groups is 2. The molecule has 30 heavy (non-hydrogen) atoms. The number of benzene rings is 2. The summed E-state index contributed by atoms with van der Waals surface area (Å²) in [6.45, 7) is 2.17. The van der Waals surface area contributed by atoms with E-state index >= 15 is 0 Å². The van der Waals surface area contributed by atoms with E-state index < -0.39 is 0 Å². The minimum absolute atomic E-state index is 0.101. The molecule has 1 aliphatic heterocycles. The van der Waals surface area contributed by atoms with Crippen molar-refractivity contribution in [3.05, 3.63) is 83.2 Å². The van der Waals surface area contributed by atoms with Crippen molar-refractivity contribution in [1.29, 1.82) is 0 Å². The summed E-state index contributed by atoms with van der Waals surface area (Å²) in [6.07, 6.45) is 0.790. The number of fused-ring (bicyclic) bond motifs is 1. The summed E-state index contributed by atoms with van der Waals surface area (Å²) in [6, 6.07) is 19.0. The number of aryl methyl sites for hydroxylation is 1. The summed E-state index contributed by atoms with van der Waals surface area (Å²) in [5.41, 5.74) is 2.71. The molecule has 0 bridgehead atoms. The largest absolute Gasteiger partial charge is 0.497 e. The summed E-state index contributed by atoms with van der Waals surface area (Å²) < 4.78 is 6.85. The molecular formula is C23H24N4O3. The Bertz CT molecular complexity index is 1050. The third kappa shape index (κ3) is 4.35. The van der Waals surface area contributed by atoms with Crippen molar-refractivity contribution < 1.29 is 14.3 Å². The van der Waals surface area contributed by atoms with E-state index in [1.54, 1.807) is 17.9 Å². The SMILES string of the molecule is COc1cccc(CNC(=O)c2cc3n(n2)CCCN(Cc2ccccc2)C3=O)c1. The Morgan fingerprint density at radius 2 is 1.87 bits per heavy atom. The van der Waals surface area contributed by atoms with Gasteiger partial charge in [-0.15, -0.1) is 0 Å². The first-order valence-electron chi connectivity index (χ1n) is 9.96. The first kappa shape index (κ1) is 19.7. The van der Waals surface area contributed by atoms with Gasteiger partial charge in [-0.1, -0.05) is 42.5 Å². The van der Waals surface area contributed by atoms with Crippen molar-refractivity contribution in [2.24, 2.45) is 0 Å². The van der Waals surface area contributed by atoms with E-state index in [-0.39, 0.29) is 17.5 Å². The van der Waals surface area contributed by atoms with Crippen LogP contribution in [0.2, 0.25) is 0 Å². The fraction of sp³-hybridized carbons (Fsp3) is 0.261. The summed E-state index contributed by atoms with van der Waals surface area (Å²) >= 11 is 0. The zero-order valence-corrected chi connectivity index (χ0v) is 16.9. The monoisotopic (exact) mass is 404 g/mol. The second kappa shape index (κ2) is 8.82. The highest BCUT2D eigenvalue weighted by atomic mass is 16.5. The number of rotatable bonds is 6. The van der Waals surface area contributed by atoms with Gasteiger partial charge in [0.25, 0.3) is 11.8 Å². The molecular weight excluding hydrogens is 380 g/mol. The van der Waals surface area contributed by atoms with Crippen LogP contribution in [0.25, 0.3) is 0 Å². The maximum Gasteiger partial charge on any atom is 0.272 e. The highest BCUT2D eigenvalue weighted by Gasteiger charge is 2.26. The van der Waals surface area contributed by atoms with Gasteiger partial charge in [-0.25, -0.2) is 0 Å². The van der Waals surface area contributed by atoms with Gasteiger partial charge >= 0.3 is 0 Å². The molecule has 154 valence electrons. The van der Waals surface area contributed by atoms with E-state index in [1.807, 2.05) is 59.5 Å². The van der Waals surface area contributed by atoms with Crippen LogP contribution in [0.3, 0.4) is 0 Å². The standard InChI is InChI=1S/C23H24N4O3/c1-30-19-10-5-9-18(13-19)15-24-22(28)20-14-21-23(29)26(11-6-12-27(21)25-20)16-17-7-3-2-4-8-17/h2-5,7-10,13-14H,6,11-12,15-16H2,1H3,(H,24,28). The maximum absolute atomic E-state index is 13.0. The zero-order chi connectivity index (χ0) is 20.9. The van der Waals surface area contributed by atoms with Crippen molar-refractivity contribution in [1.82, 2.24) is 20.0 Å². The molecule has 0 saturated carbocycles. The fourth-order valence-corrected chi connectivity index (χ4v) is 3.56. The molecule has 0 saturated heterocycles. The second-order valence-corrected chi connectivity index (χ2v) is 7.24. The van der Waals surface area contributed by atoms with E-state index in [2.05, 4.69) is 10.4 Å². The number of methoxy groups -OCH3 is 1. The molecule has 3 aromatic rings. The van der Waals surface area contributed by atoms with Gasteiger partial charge in [-0.2, -0.15) is 5.10 Å². The first-order chi connectivity index (χ1) is 14.6. The number of aromatic nitrogens is 2. The van der Waals surface area contributed by atoms with Gasteiger partial charge < -0.3 is 15.0 Å². The van der Waals surface area contributed by atoms with Crippen molar-refractivity contribution in [3.8, 4) is 5.75 Å². The van der Waals surface area contributed by atoms with Gasteiger partial charge in [0.05, 0.1) is 7.11 Å². The van der Waals surface area contributed by atoms with Gasteiger partial charge in [0.2, 0.25) is 0 Å². The highest BCUT2D eigenvalue weighted by Crippen LogP contribution is 2.17. The van der Waals surface area contributed by atoms with Crippen LogP contribution in [0.5, 0.6) is 5.75 Å². The van der Waals surface area contributed by atoms with Crippen LogP contribution in [0, 0.1) is 0 Å². The van der Waals surface area contributed by atoms with Crippen molar-refractivity contribution in [2.75, 3.05) is 13.7 Å². The Labute approximate surface area is 175 Å². The van der Waals surface area contributed by atoms with Gasteiger partial charge in [0, 0.05) is 32.2 Å². The molecule has 0 fully saturated rings. The molecule has 7 nitrogen and oxygen atoms in total. The Morgan fingerprint density at radius 3 is 2.67 bits per heavy atom. The minimum Gasteiger partial charge on any atom is -0.497 e. The van der Waals surface area contributed by atoms with Gasteiger partial charge in [0.15, 0.2) is 5.69 Å². The lowest BCUT2D eigenvalue weighted by atomic mass is 10.2. The molecule has 0 radical (unpaired) electrons. The van der Waals surface area contributed by atoms with Gasteiger partial charge in [-0.05, 0) is 29.7 Å². The molecule has 2 heterocycles. The van der Waals surface area contributed by atoms with E-state index in [1.165, 1.54) is 0 Å². The van der Waals surface area contributed by atoms with Gasteiger partial charge in [0.1, 0.15) is 11.4 Å². The molecule has 2 aromatic carbocycles. The predicted octanol–water partition coefficient (Wildman–Crippen LogP) is 2.87. The molecule has 2 amide bonds. The fourth-order valence-electron chi connectivity index (χ4n) is 3.56. The van der Waals surface area contributed by atoms with Crippen LogP contribution in [0.4, 0.5) is 0 Å². The molecule has 7 heteroatoms. The number of nitrogens with one attached hydrogen (secondary N) is 1. The lowest BCUT2D eigenvalue weighted by Crippen LogP contribution is -2.30. The van der Waals surface area contributed by atoms with Crippen LogP contribution in [0.1, 0.15) is 38.5 Å². The molecule has 0 spiro atoms. The quantitative estimate of drug-likeness (QED) is 0.685. The summed E-state index contributed by atoms with van der Waals surface area (Å²) in [5, 5.41) is 7.24. The number of hydrogen-bond donors (Lipinski definition) is 1. The molecule has 1 aromatic heterocycles. The molecule has 1 aliphatic rings. The Morgan fingerprint density at radius 1 is 1.07 bits per heavy atom. The third-order valence-corrected chi connectivity index (χ3v) is 5.12. The van der Waals surface area contributed by atoms with Crippen LogP contribution in [-0.2, 0) is 19.6 Å². The highest BCUT2D eigenvalue weighted by molar-refractivity contribution is 5.98. The summed E-state index contributed by atoms with van der Waals surface area (Å²) in [4.78, 5) is 27.5. The van der Waals surface area contributed by atoms with E-state index in [9.17, 15) is 9.59 Å². The number of nitrogens with zero attached hydrogens (tertiary/aromatic N) is 3. The van der Waals surface area contributed by atoms with Crippen molar-refractivity contribution in [2.45, 2.75) is 26.1 Å². The normalized spacial score (nSPS) is 13.5.